The Morgan fingerprint density at radius 3 is 2.45 bits per heavy atom. The van der Waals surface area contributed by atoms with E-state index in [0.717, 1.165) is 37.1 Å². The van der Waals surface area contributed by atoms with E-state index in [4.69, 9.17) is 33.7 Å². The highest BCUT2D eigenvalue weighted by Gasteiger charge is 2.36. The number of likely N-dealkylation sites (tertiary alicyclic amines) is 1. The number of rotatable bonds is 9. The van der Waals surface area contributed by atoms with Crippen molar-refractivity contribution in [3.05, 3.63) is 87.4 Å². The predicted molar refractivity (Wildman–Crippen MR) is 175 cm³/mol. The fourth-order valence-corrected chi connectivity index (χ4v) is 7.01. The third-order valence-corrected chi connectivity index (χ3v) is 9.45. The molecule has 1 saturated heterocycles. The van der Waals surface area contributed by atoms with Gasteiger partial charge in [-0.1, -0.05) is 35.3 Å². The zero-order valence-corrected chi connectivity index (χ0v) is 26.5. The summed E-state index contributed by atoms with van der Waals surface area (Å²) in [6.45, 7) is 1.12. The van der Waals surface area contributed by atoms with E-state index in [2.05, 4.69) is 17.3 Å². The number of hydrogen-bond donors (Lipinski definition) is 2. The molecule has 0 aliphatic carbocycles. The van der Waals surface area contributed by atoms with Crippen LogP contribution in [0, 0.1) is 0 Å². The summed E-state index contributed by atoms with van der Waals surface area (Å²) in [4.78, 5) is 43.7. The first-order valence-electron chi connectivity index (χ1n) is 15.0. The summed E-state index contributed by atoms with van der Waals surface area (Å²) >= 11 is 12.7. The minimum atomic E-state index is -0.473. The van der Waals surface area contributed by atoms with Crippen molar-refractivity contribution in [3.8, 4) is 5.75 Å². The zero-order valence-electron chi connectivity index (χ0n) is 25.0. The van der Waals surface area contributed by atoms with E-state index in [0.29, 0.717) is 39.3 Å². The van der Waals surface area contributed by atoms with Crippen molar-refractivity contribution in [1.82, 2.24) is 4.90 Å². The molecular weight excluding hydrogens is 599 g/mol. The van der Waals surface area contributed by atoms with Gasteiger partial charge in [0, 0.05) is 41.0 Å². The van der Waals surface area contributed by atoms with Gasteiger partial charge in [0.1, 0.15) is 5.75 Å². The molecule has 0 saturated carbocycles. The number of amides is 3. The fourth-order valence-electron chi connectivity index (χ4n) is 6.60. The van der Waals surface area contributed by atoms with E-state index in [1.165, 1.54) is 20.0 Å². The number of ether oxygens (including phenoxy) is 1. The molecule has 44 heavy (non-hydrogen) atoms. The van der Waals surface area contributed by atoms with E-state index in [1.807, 2.05) is 12.1 Å². The number of nitrogens with zero attached hydrogens (tertiary/aromatic N) is 2. The summed E-state index contributed by atoms with van der Waals surface area (Å²) in [6, 6.07) is 17.3. The van der Waals surface area contributed by atoms with Gasteiger partial charge >= 0.3 is 0 Å². The Kier molecular flexibility index (Phi) is 10.1. The van der Waals surface area contributed by atoms with E-state index in [9.17, 15) is 14.4 Å². The van der Waals surface area contributed by atoms with Crippen molar-refractivity contribution in [2.45, 2.75) is 62.9 Å². The molecule has 1 fully saturated rings. The van der Waals surface area contributed by atoms with Crippen molar-refractivity contribution in [2.24, 2.45) is 5.73 Å². The molecule has 10 heteroatoms. The Labute approximate surface area is 268 Å². The third-order valence-electron chi connectivity index (χ3n) is 8.89. The zero-order chi connectivity index (χ0) is 31.4. The summed E-state index contributed by atoms with van der Waals surface area (Å²) in [7, 11) is 3.65. The highest BCUT2D eigenvalue weighted by atomic mass is 35.5. The predicted octanol–water partition coefficient (Wildman–Crippen LogP) is 6.90. The van der Waals surface area contributed by atoms with Crippen LogP contribution < -0.4 is 20.7 Å². The maximum Gasteiger partial charge on any atom is 0.262 e. The average Bonchev–Trinajstić information content (AvgIpc) is 3.35. The van der Waals surface area contributed by atoms with Gasteiger partial charge in [-0.25, -0.2) is 0 Å². The fraction of sp³-hybridized carbons (Fsp3) is 0.382. The molecule has 8 nitrogen and oxygen atoms in total. The summed E-state index contributed by atoms with van der Waals surface area (Å²) in [5, 5.41) is 3.76. The summed E-state index contributed by atoms with van der Waals surface area (Å²) in [5.41, 5.74) is 8.51. The minimum absolute atomic E-state index is 0.0280. The second-order valence-corrected chi connectivity index (χ2v) is 12.5. The molecule has 5 rings (SSSR count). The van der Waals surface area contributed by atoms with E-state index in [1.54, 1.807) is 53.4 Å². The van der Waals surface area contributed by atoms with Gasteiger partial charge in [-0.2, -0.15) is 0 Å². The van der Waals surface area contributed by atoms with Crippen LogP contribution in [-0.2, 0) is 4.79 Å². The molecule has 232 valence electrons. The Bertz CT molecular complexity index is 1550. The molecule has 0 bridgehead atoms. The highest BCUT2D eigenvalue weighted by molar-refractivity contribution is 6.34. The standard InChI is InChI=1S/C34H38Cl2N4O4/c1-39-17-5-6-24(39)13-9-21-10-14-25(20-32(37)41)40(30-16-11-22(35)18-28(21)30)34(43)27-15-12-23(19-31(27)44-2)38-33(42)26-7-3-4-8-29(26)36/h3-4,7-8,11-12,15-16,18-19,21,24-25H,5-6,9-10,13-14,17,20H2,1-2H3,(H2,37,41)(H,38,42). The number of benzene rings is 3. The molecule has 3 amide bonds. The lowest BCUT2D eigenvalue weighted by molar-refractivity contribution is -0.118. The molecule has 2 aliphatic heterocycles. The van der Waals surface area contributed by atoms with E-state index in [-0.39, 0.29) is 29.9 Å². The molecular formula is C34H38Cl2N4O4. The normalized spacial score (nSPS) is 20.1. The number of anilines is 2. The number of carbonyl (C=O) groups excluding carboxylic acids is 3. The number of primary amides is 1. The molecule has 3 N–H and O–H groups in total. The Morgan fingerprint density at radius 1 is 0.955 bits per heavy atom. The lowest BCUT2D eigenvalue weighted by Gasteiger charge is -2.31. The second-order valence-electron chi connectivity index (χ2n) is 11.7. The SMILES string of the molecule is COc1cc(NC(=O)c2ccccc2Cl)ccc1C(=O)N1c2ccc(Cl)cc2C(CCC2CCCN2C)CCC1CC(N)=O. The van der Waals surface area contributed by atoms with Crippen LogP contribution in [0.4, 0.5) is 11.4 Å². The van der Waals surface area contributed by atoms with Crippen molar-refractivity contribution in [1.29, 1.82) is 0 Å². The summed E-state index contributed by atoms with van der Waals surface area (Å²) in [5.74, 6) is -0.720. The molecule has 3 unspecified atom stereocenters. The van der Waals surface area contributed by atoms with Gasteiger partial charge < -0.3 is 25.6 Å². The maximum atomic E-state index is 14.4. The first-order chi connectivity index (χ1) is 21.2. The van der Waals surface area contributed by atoms with Crippen LogP contribution in [0.1, 0.15) is 77.1 Å². The van der Waals surface area contributed by atoms with Crippen molar-refractivity contribution in [2.75, 3.05) is 30.9 Å². The topological polar surface area (TPSA) is 105 Å². The molecule has 3 atom stereocenters. The van der Waals surface area contributed by atoms with Crippen LogP contribution in [0.5, 0.6) is 5.75 Å². The molecule has 0 radical (unpaired) electrons. The number of nitrogens with one attached hydrogen (secondary N) is 1. The van der Waals surface area contributed by atoms with Gasteiger partial charge in [0.25, 0.3) is 11.8 Å². The minimum Gasteiger partial charge on any atom is -0.496 e. The monoisotopic (exact) mass is 636 g/mol. The molecule has 3 aromatic rings. The van der Waals surface area contributed by atoms with Gasteiger partial charge in [0.15, 0.2) is 0 Å². The van der Waals surface area contributed by atoms with Crippen LogP contribution in [0.25, 0.3) is 0 Å². The van der Waals surface area contributed by atoms with Crippen LogP contribution in [0.15, 0.2) is 60.7 Å². The number of methoxy groups -OCH3 is 1. The van der Waals surface area contributed by atoms with Crippen molar-refractivity contribution in [3.63, 3.8) is 0 Å². The van der Waals surface area contributed by atoms with Gasteiger partial charge in [-0.05, 0) is 106 Å². The molecule has 3 aromatic carbocycles. The Morgan fingerprint density at radius 2 is 1.75 bits per heavy atom. The van der Waals surface area contributed by atoms with Gasteiger partial charge in [0.2, 0.25) is 5.91 Å². The molecule has 2 aliphatic rings. The van der Waals surface area contributed by atoms with Crippen molar-refractivity contribution < 1.29 is 19.1 Å². The van der Waals surface area contributed by atoms with Crippen LogP contribution in [-0.4, -0.2) is 55.4 Å². The van der Waals surface area contributed by atoms with Crippen LogP contribution in [0.3, 0.4) is 0 Å². The van der Waals surface area contributed by atoms with Crippen LogP contribution >= 0.6 is 23.2 Å². The number of nitrogens with two attached hydrogens (primary N) is 1. The Balaban J connectivity index is 1.47. The van der Waals surface area contributed by atoms with Gasteiger partial charge in [0.05, 0.1) is 23.3 Å². The Hall–Kier alpha value is -3.59. The number of hydrogen-bond acceptors (Lipinski definition) is 5. The third kappa shape index (κ3) is 7.04. The molecule has 0 aromatic heterocycles. The first-order valence-corrected chi connectivity index (χ1v) is 15.8. The largest absolute Gasteiger partial charge is 0.496 e. The number of halogens is 2. The quantitative estimate of drug-likeness (QED) is 0.266. The number of carbonyl (C=O) groups is 3. The first kappa shape index (κ1) is 31.8. The van der Waals surface area contributed by atoms with Gasteiger partial charge in [-0.15, -0.1) is 0 Å². The smallest absolute Gasteiger partial charge is 0.262 e. The maximum absolute atomic E-state index is 14.4. The van der Waals surface area contributed by atoms with Crippen LogP contribution in [0.2, 0.25) is 10.0 Å². The number of fused-ring (bicyclic) bond motifs is 1. The summed E-state index contributed by atoms with van der Waals surface area (Å²) < 4.78 is 5.65. The summed E-state index contributed by atoms with van der Waals surface area (Å²) in [6.07, 6.45) is 5.85. The lowest BCUT2D eigenvalue weighted by Crippen LogP contribution is -2.42. The van der Waals surface area contributed by atoms with Gasteiger partial charge in [-0.3, -0.25) is 14.4 Å². The molecule has 0 spiro atoms. The average molecular weight is 638 g/mol. The molecule has 2 heterocycles. The highest BCUT2D eigenvalue weighted by Crippen LogP contribution is 2.43. The van der Waals surface area contributed by atoms with Crippen molar-refractivity contribution >= 4 is 52.3 Å². The lowest BCUT2D eigenvalue weighted by atomic mass is 9.87. The van der Waals surface area contributed by atoms with E-state index >= 15 is 0 Å². The second kappa shape index (κ2) is 14.0. The van der Waals surface area contributed by atoms with E-state index < -0.39 is 11.9 Å².